The molecule has 2 amide bonds. The number of carbonyl (C=O) groups is 2. The quantitative estimate of drug-likeness (QED) is 0.535. The highest BCUT2D eigenvalue weighted by Gasteiger charge is 2.40. The van der Waals surface area contributed by atoms with Gasteiger partial charge in [-0.25, -0.2) is 0 Å². The Morgan fingerprint density at radius 3 is 2.30 bits per heavy atom. The van der Waals surface area contributed by atoms with E-state index in [1.807, 2.05) is 42.2 Å². The van der Waals surface area contributed by atoms with Crippen LogP contribution in [0.4, 0.5) is 0 Å². The zero-order valence-corrected chi connectivity index (χ0v) is 15.9. The first-order chi connectivity index (χ1) is 13.1. The minimum absolute atomic E-state index is 0.182. The average Bonchev–Trinajstić information content (AvgIpc) is 2.93. The van der Waals surface area contributed by atoms with Crippen molar-refractivity contribution in [1.82, 2.24) is 9.80 Å². The van der Waals surface area contributed by atoms with Crippen LogP contribution >= 0.6 is 11.6 Å². The fourth-order valence-corrected chi connectivity index (χ4v) is 3.31. The van der Waals surface area contributed by atoms with Crippen molar-refractivity contribution in [1.29, 1.82) is 0 Å². The van der Waals surface area contributed by atoms with E-state index in [1.165, 1.54) is 4.90 Å². The first-order valence-electron chi connectivity index (χ1n) is 8.83. The second-order valence-electron chi connectivity index (χ2n) is 6.24. The largest absolute Gasteiger partial charge is 0.362 e. The third-order valence-corrected chi connectivity index (χ3v) is 4.75. The number of nitrogens with zero attached hydrogens (tertiary/aromatic N) is 2. The van der Waals surface area contributed by atoms with E-state index >= 15 is 0 Å². The van der Waals surface area contributed by atoms with E-state index in [0.29, 0.717) is 34.9 Å². The fourth-order valence-electron chi connectivity index (χ4n) is 3.18. The second kappa shape index (κ2) is 8.23. The Kier molecular flexibility index (Phi) is 5.77. The lowest BCUT2D eigenvalue weighted by Crippen LogP contribution is -2.35. The summed E-state index contributed by atoms with van der Waals surface area (Å²) in [4.78, 5) is 29.3. The highest BCUT2D eigenvalue weighted by molar-refractivity contribution is 6.36. The lowest BCUT2D eigenvalue weighted by atomic mass is 10.0. The van der Waals surface area contributed by atoms with Crippen molar-refractivity contribution in [3.8, 4) is 0 Å². The van der Waals surface area contributed by atoms with E-state index in [1.54, 1.807) is 30.3 Å². The first-order valence-corrected chi connectivity index (χ1v) is 9.20. The number of benzene rings is 2. The van der Waals surface area contributed by atoms with Gasteiger partial charge in [-0.15, -0.1) is 6.58 Å². The summed E-state index contributed by atoms with van der Waals surface area (Å²) >= 11 is 5.99. The summed E-state index contributed by atoms with van der Waals surface area (Å²) in [7, 11) is 0. The lowest BCUT2D eigenvalue weighted by molar-refractivity contribution is -0.136. The van der Waals surface area contributed by atoms with Crippen molar-refractivity contribution >= 4 is 29.0 Å². The van der Waals surface area contributed by atoms with Crippen molar-refractivity contribution < 1.29 is 9.59 Å². The maximum atomic E-state index is 13.1. The van der Waals surface area contributed by atoms with Crippen molar-refractivity contribution in [3.05, 3.63) is 89.1 Å². The molecule has 0 saturated carbocycles. The number of carbonyl (C=O) groups excluding carboxylic acids is 2. The summed E-state index contributed by atoms with van der Waals surface area (Å²) in [6, 6.07) is 16.9. The molecule has 0 saturated heterocycles. The van der Waals surface area contributed by atoms with Crippen LogP contribution in [0.15, 0.2) is 72.9 Å². The summed E-state index contributed by atoms with van der Waals surface area (Å²) < 4.78 is 0. The van der Waals surface area contributed by atoms with Gasteiger partial charge in [0.1, 0.15) is 5.70 Å². The topological polar surface area (TPSA) is 40.6 Å². The minimum Gasteiger partial charge on any atom is -0.362 e. The Hall–Kier alpha value is -2.85. The molecule has 0 unspecified atom stereocenters. The van der Waals surface area contributed by atoms with Crippen molar-refractivity contribution in [3.63, 3.8) is 0 Å². The van der Waals surface area contributed by atoms with Gasteiger partial charge in [0.25, 0.3) is 11.8 Å². The smallest absolute Gasteiger partial charge is 0.278 e. The molecular weight excluding hydrogens is 360 g/mol. The Morgan fingerprint density at radius 2 is 1.70 bits per heavy atom. The van der Waals surface area contributed by atoms with E-state index in [0.717, 1.165) is 5.56 Å². The molecule has 0 fully saturated rings. The minimum atomic E-state index is -0.302. The normalized spacial score (nSPS) is 14.1. The van der Waals surface area contributed by atoms with E-state index in [4.69, 9.17) is 11.6 Å². The summed E-state index contributed by atoms with van der Waals surface area (Å²) in [5.41, 5.74) is 2.60. The van der Waals surface area contributed by atoms with Gasteiger partial charge in [0.15, 0.2) is 0 Å². The summed E-state index contributed by atoms with van der Waals surface area (Å²) in [6.45, 7) is 6.97. The van der Waals surface area contributed by atoms with Crippen molar-refractivity contribution in [2.75, 3.05) is 13.1 Å². The molecule has 4 nitrogen and oxygen atoms in total. The molecule has 0 atom stereocenters. The van der Waals surface area contributed by atoms with Gasteiger partial charge in [-0.3, -0.25) is 14.5 Å². The zero-order valence-electron chi connectivity index (χ0n) is 15.2. The van der Waals surface area contributed by atoms with Crippen LogP contribution < -0.4 is 0 Å². The fraction of sp³-hybridized carbons (Fsp3) is 0.182. The molecule has 5 heteroatoms. The summed E-state index contributed by atoms with van der Waals surface area (Å²) in [6.07, 6.45) is 1.56. The molecule has 3 rings (SSSR count). The van der Waals surface area contributed by atoms with E-state index < -0.39 is 0 Å². The van der Waals surface area contributed by atoms with Crippen LogP contribution in [-0.4, -0.2) is 34.7 Å². The number of hydrogen-bond acceptors (Lipinski definition) is 3. The predicted molar refractivity (Wildman–Crippen MR) is 108 cm³/mol. The maximum absolute atomic E-state index is 13.1. The van der Waals surface area contributed by atoms with Crippen LogP contribution in [0, 0.1) is 0 Å². The molecule has 2 aromatic carbocycles. The molecule has 0 bridgehead atoms. The molecule has 0 spiro atoms. The SMILES string of the molecule is C=CCN1C(=O)C(c2ccc(Cl)cc2)=C(N(CC)Cc2ccccc2)C1=O. The van der Waals surface area contributed by atoms with Gasteiger partial charge in [-0.2, -0.15) is 0 Å². The third kappa shape index (κ3) is 3.81. The zero-order chi connectivity index (χ0) is 19.4. The number of rotatable bonds is 7. The van der Waals surface area contributed by atoms with E-state index in [2.05, 4.69) is 6.58 Å². The van der Waals surface area contributed by atoms with Crippen molar-refractivity contribution in [2.24, 2.45) is 0 Å². The van der Waals surface area contributed by atoms with Crippen LogP contribution in [0.25, 0.3) is 5.57 Å². The standard InChI is InChI=1S/C22H21ClN2O2/c1-3-14-25-21(26)19(17-10-12-18(23)13-11-17)20(22(25)27)24(4-2)15-16-8-6-5-7-9-16/h3,5-13H,1,4,14-15H2,2H3. The molecule has 1 aliphatic heterocycles. The van der Waals surface area contributed by atoms with Crippen LogP contribution in [0.3, 0.4) is 0 Å². The van der Waals surface area contributed by atoms with Crippen molar-refractivity contribution in [2.45, 2.75) is 13.5 Å². The van der Waals surface area contributed by atoms with Gasteiger partial charge in [0.05, 0.1) is 5.57 Å². The molecule has 138 valence electrons. The van der Waals surface area contributed by atoms with Gasteiger partial charge in [-0.05, 0) is 30.2 Å². The molecule has 0 aromatic heterocycles. The van der Waals surface area contributed by atoms with Crippen LogP contribution in [0.5, 0.6) is 0 Å². The van der Waals surface area contributed by atoms with Gasteiger partial charge in [-0.1, -0.05) is 60.1 Å². The Bertz CT molecular complexity index is 888. The molecule has 0 N–H and O–H groups in total. The molecule has 1 aliphatic rings. The number of likely N-dealkylation sites (N-methyl/N-ethyl adjacent to an activating group) is 1. The highest BCUT2D eigenvalue weighted by Crippen LogP contribution is 2.32. The molecular formula is C22H21ClN2O2. The predicted octanol–water partition coefficient (Wildman–Crippen LogP) is 4.13. The van der Waals surface area contributed by atoms with Crippen LogP contribution in [0.1, 0.15) is 18.1 Å². The molecule has 0 aliphatic carbocycles. The number of halogens is 1. The van der Waals surface area contributed by atoms with Gasteiger partial charge in [0.2, 0.25) is 0 Å². The van der Waals surface area contributed by atoms with Gasteiger partial charge >= 0.3 is 0 Å². The lowest BCUT2D eigenvalue weighted by Gasteiger charge is -2.24. The third-order valence-electron chi connectivity index (χ3n) is 4.50. The Labute approximate surface area is 164 Å². The monoisotopic (exact) mass is 380 g/mol. The number of imide groups is 1. The molecule has 1 heterocycles. The first kappa shape index (κ1) is 18.9. The summed E-state index contributed by atoms with van der Waals surface area (Å²) in [5, 5.41) is 0.581. The number of hydrogen-bond donors (Lipinski definition) is 0. The van der Waals surface area contributed by atoms with Gasteiger partial charge in [0, 0.05) is 24.7 Å². The Balaban J connectivity index is 2.08. The van der Waals surface area contributed by atoms with Gasteiger partial charge < -0.3 is 4.90 Å². The van der Waals surface area contributed by atoms with E-state index in [9.17, 15) is 9.59 Å². The van der Waals surface area contributed by atoms with Crippen LogP contribution in [-0.2, 0) is 16.1 Å². The maximum Gasteiger partial charge on any atom is 0.278 e. The number of amides is 2. The molecule has 27 heavy (non-hydrogen) atoms. The summed E-state index contributed by atoms with van der Waals surface area (Å²) in [5.74, 6) is -0.591. The molecule has 0 radical (unpaired) electrons. The average molecular weight is 381 g/mol. The second-order valence-corrected chi connectivity index (χ2v) is 6.68. The Morgan fingerprint density at radius 1 is 1.04 bits per heavy atom. The molecule has 2 aromatic rings. The highest BCUT2D eigenvalue weighted by atomic mass is 35.5. The van der Waals surface area contributed by atoms with E-state index in [-0.39, 0.29) is 18.4 Å². The van der Waals surface area contributed by atoms with Crippen LogP contribution in [0.2, 0.25) is 5.02 Å².